The van der Waals surface area contributed by atoms with Crippen molar-refractivity contribution in [1.82, 2.24) is 0 Å². The lowest BCUT2D eigenvalue weighted by atomic mass is 9.51. The molecule has 1 spiro atoms. The second-order valence-electron chi connectivity index (χ2n) is 14.8. The zero-order valence-corrected chi connectivity index (χ0v) is 28.2. The predicted molar refractivity (Wildman–Crippen MR) is 176 cm³/mol. The number of Topliss-reactive ketones (excluding diaryl/α,β-unsaturated/α-hetero) is 2. The van der Waals surface area contributed by atoms with Crippen molar-refractivity contribution in [2.45, 2.75) is 103 Å². The summed E-state index contributed by atoms with van der Waals surface area (Å²) in [6.07, 6.45) is 12.8. The number of phenols is 1. The molecule has 1 unspecified atom stereocenters. The number of rotatable bonds is 9. The number of hydrogen-bond acceptors (Lipinski definition) is 8. The summed E-state index contributed by atoms with van der Waals surface area (Å²) < 4.78 is 20.5. The van der Waals surface area contributed by atoms with E-state index >= 15 is 0 Å². The Kier molecular flexibility index (Phi) is 7.76. The number of ketones is 2. The van der Waals surface area contributed by atoms with E-state index < -0.39 is 52.6 Å². The van der Waals surface area contributed by atoms with Crippen molar-refractivity contribution >= 4 is 23.6 Å². The molecule has 250 valence electrons. The number of aliphatic carboxylic acids is 1. The van der Waals surface area contributed by atoms with Gasteiger partial charge in [0.2, 0.25) is 0 Å². The van der Waals surface area contributed by atoms with Gasteiger partial charge in [-0.3, -0.25) is 9.59 Å². The molecule has 9 nitrogen and oxygen atoms in total. The summed E-state index contributed by atoms with van der Waals surface area (Å²) in [5.41, 5.74) is -1.79. The van der Waals surface area contributed by atoms with Gasteiger partial charge in [0.25, 0.3) is 0 Å². The largest absolute Gasteiger partial charge is 0.506 e. The molecule has 3 N–H and O–H groups in total. The van der Waals surface area contributed by atoms with Crippen LogP contribution in [0.15, 0.2) is 52.7 Å². The number of aliphatic hydroxyl groups excluding tert-OH is 1. The summed E-state index contributed by atoms with van der Waals surface area (Å²) in [7, 11) is 0. The first-order valence-electron chi connectivity index (χ1n) is 16.3. The van der Waals surface area contributed by atoms with Gasteiger partial charge in [-0.15, -0.1) is 0 Å². The van der Waals surface area contributed by atoms with E-state index in [1.165, 1.54) is 11.6 Å². The number of hydrogen-bond donors (Lipinski definition) is 3. The first-order chi connectivity index (χ1) is 22.0. The fourth-order valence-corrected chi connectivity index (χ4v) is 8.27. The number of allylic oxidation sites excluding steroid dienone is 5. The Labute approximate surface area is 275 Å². The van der Waals surface area contributed by atoms with Gasteiger partial charge in [-0.25, -0.2) is 4.79 Å². The van der Waals surface area contributed by atoms with Crippen LogP contribution in [-0.4, -0.2) is 61.9 Å². The van der Waals surface area contributed by atoms with Crippen molar-refractivity contribution < 1.29 is 43.9 Å². The van der Waals surface area contributed by atoms with E-state index in [1.54, 1.807) is 6.08 Å². The molecule has 3 aliphatic heterocycles. The predicted octanol–water partition coefficient (Wildman–Crippen LogP) is 6.21. The topological polar surface area (TPSA) is 140 Å². The maximum atomic E-state index is 14.7. The quantitative estimate of drug-likeness (QED) is 0.211. The number of phenolic OH excluding ortho intramolecular Hbond substituents is 1. The number of carbonyl (C=O) groups excluding carboxylic acids is 2. The van der Waals surface area contributed by atoms with Crippen LogP contribution in [0.1, 0.15) is 95.6 Å². The van der Waals surface area contributed by atoms with Gasteiger partial charge in [0.1, 0.15) is 28.4 Å². The fourth-order valence-electron chi connectivity index (χ4n) is 8.27. The molecule has 0 aromatic heterocycles. The lowest BCUT2D eigenvalue weighted by Gasteiger charge is -2.56. The first-order valence-corrected chi connectivity index (χ1v) is 16.3. The number of carboxylic acids is 1. The summed E-state index contributed by atoms with van der Waals surface area (Å²) in [4.78, 5) is 40.9. The van der Waals surface area contributed by atoms with Gasteiger partial charge in [-0.2, -0.15) is 0 Å². The number of carbonyl (C=O) groups is 3. The molecule has 3 heterocycles. The van der Waals surface area contributed by atoms with Crippen LogP contribution < -0.4 is 9.47 Å². The first kappa shape index (κ1) is 33.0. The standard InChI is InChI=1S/C38H44O9/c1-20(2)9-8-14-36(7)15-13-24-29(40)28-30(41)26-17-23-18-27-35(5,6)47-37(33(23)42,16-12-22(19-39)34(43)44)38(26,27)46-32(28)25(31(24)45-36)11-10-21(3)4/h9-10,12-13,15,17,23,27,39-40H,8,11,14,16,18-19H2,1-7H3,(H,43,44)/b22-12-/t23-,27?,36+,37+,38-/m1/s1. The third kappa shape index (κ3) is 4.76. The van der Waals surface area contributed by atoms with E-state index in [-0.39, 0.29) is 40.4 Å². The number of fused-ring (bicyclic) bond motifs is 2. The summed E-state index contributed by atoms with van der Waals surface area (Å²) in [5, 5.41) is 31.2. The van der Waals surface area contributed by atoms with Crippen LogP contribution in [0.4, 0.5) is 0 Å². The summed E-state index contributed by atoms with van der Waals surface area (Å²) in [5.74, 6) is -2.84. The number of ether oxygens (including phenoxy) is 3. The molecule has 4 bridgehead atoms. The zero-order valence-electron chi connectivity index (χ0n) is 28.2. The molecule has 6 aliphatic rings. The highest BCUT2D eigenvalue weighted by atomic mass is 16.6. The van der Waals surface area contributed by atoms with Crippen LogP contribution in [0.5, 0.6) is 17.2 Å². The smallest absolute Gasteiger partial charge is 0.333 e. The minimum absolute atomic E-state index is 0.0173. The summed E-state index contributed by atoms with van der Waals surface area (Å²) >= 11 is 0. The highest BCUT2D eigenvalue weighted by Gasteiger charge is 2.81. The van der Waals surface area contributed by atoms with Crippen LogP contribution in [0, 0.1) is 11.8 Å². The van der Waals surface area contributed by atoms with Crippen LogP contribution >= 0.6 is 0 Å². The van der Waals surface area contributed by atoms with E-state index in [4.69, 9.17) is 14.2 Å². The second kappa shape index (κ2) is 11.1. The Bertz CT molecular complexity index is 1750. The van der Waals surface area contributed by atoms with E-state index in [9.17, 15) is 29.7 Å². The average Bonchev–Trinajstić information content (AvgIpc) is 3.13. The molecule has 0 radical (unpaired) electrons. The molecule has 1 aromatic carbocycles. The van der Waals surface area contributed by atoms with Crippen LogP contribution in [0.3, 0.4) is 0 Å². The molecule has 3 aliphatic carbocycles. The van der Waals surface area contributed by atoms with Crippen molar-refractivity contribution in [1.29, 1.82) is 0 Å². The number of benzene rings is 1. The van der Waals surface area contributed by atoms with Crippen molar-refractivity contribution in [3.05, 3.63) is 69.4 Å². The lowest BCUT2D eigenvalue weighted by Crippen LogP contribution is -2.72. The third-order valence-corrected chi connectivity index (χ3v) is 10.5. The summed E-state index contributed by atoms with van der Waals surface area (Å²) in [6, 6.07) is 0. The van der Waals surface area contributed by atoms with Gasteiger partial charge < -0.3 is 29.5 Å². The molecule has 47 heavy (non-hydrogen) atoms. The molecule has 5 atom stereocenters. The number of carboxylic acid groups (broad SMARTS) is 1. The van der Waals surface area contributed by atoms with Gasteiger partial charge in [0.05, 0.1) is 23.3 Å². The molecule has 7 rings (SSSR count). The Morgan fingerprint density at radius 2 is 1.72 bits per heavy atom. The highest BCUT2D eigenvalue weighted by Crippen LogP contribution is 2.68. The van der Waals surface area contributed by atoms with Crippen LogP contribution in [-0.2, 0) is 20.7 Å². The van der Waals surface area contributed by atoms with Gasteiger partial charge in [-0.1, -0.05) is 35.5 Å². The minimum atomic E-state index is -1.74. The van der Waals surface area contributed by atoms with Crippen LogP contribution in [0.2, 0.25) is 0 Å². The Balaban J connectivity index is 1.59. The van der Waals surface area contributed by atoms with Crippen molar-refractivity contribution in [2.24, 2.45) is 11.8 Å². The highest BCUT2D eigenvalue weighted by molar-refractivity contribution is 6.19. The monoisotopic (exact) mass is 644 g/mol. The van der Waals surface area contributed by atoms with Crippen molar-refractivity contribution in [3.8, 4) is 17.2 Å². The maximum Gasteiger partial charge on any atom is 0.333 e. The van der Waals surface area contributed by atoms with Gasteiger partial charge in [0.15, 0.2) is 22.8 Å². The molecular weight excluding hydrogens is 600 g/mol. The molecule has 1 saturated heterocycles. The van der Waals surface area contributed by atoms with E-state index in [1.807, 2.05) is 66.7 Å². The third-order valence-electron chi connectivity index (χ3n) is 10.5. The zero-order chi connectivity index (χ0) is 34.3. The molecular formula is C38H44O9. The van der Waals surface area contributed by atoms with E-state index in [0.717, 1.165) is 12.0 Å². The Morgan fingerprint density at radius 3 is 2.36 bits per heavy atom. The molecule has 1 saturated carbocycles. The van der Waals surface area contributed by atoms with Crippen LogP contribution in [0.25, 0.3) is 6.08 Å². The maximum absolute atomic E-state index is 14.7. The van der Waals surface area contributed by atoms with E-state index in [2.05, 4.69) is 6.08 Å². The molecule has 0 amide bonds. The van der Waals surface area contributed by atoms with Gasteiger partial charge >= 0.3 is 5.97 Å². The lowest BCUT2D eigenvalue weighted by molar-refractivity contribution is -0.171. The van der Waals surface area contributed by atoms with Gasteiger partial charge in [-0.05, 0) is 86.3 Å². The number of aliphatic hydroxyl groups is 1. The SMILES string of the molecule is CC(C)=CCC[C@@]1(C)C=Cc2c(O)c3c(c(CC=C(C)C)c2O1)O[C@]12C(=C[C@@H]4CC1C(C)(C)O[C@@]2(C/C=C(/CO)C(=O)O)C4=O)C3=O. The van der Waals surface area contributed by atoms with Crippen molar-refractivity contribution in [2.75, 3.05) is 6.61 Å². The number of aromatic hydroxyl groups is 1. The Morgan fingerprint density at radius 1 is 1.02 bits per heavy atom. The summed E-state index contributed by atoms with van der Waals surface area (Å²) in [6.45, 7) is 13.0. The normalized spacial score (nSPS) is 30.8. The Hall–Kier alpha value is -3.95. The molecule has 1 aromatic rings. The van der Waals surface area contributed by atoms with Crippen molar-refractivity contribution in [3.63, 3.8) is 0 Å². The van der Waals surface area contributed by atoms with E-state index in [0.29, 0.717) is 36.1 Å². The molecule has 9 heteroatoms. The fraction of sp³-hybridized carbons (Fsp3) is 0.500. The second-order valence-corrected chi connectivity index (χ2v) is 14.8. The average molecular weight is 645 g/mol. The molecule has 2 fully saturated rings. The minimum Gasteiger partial charge on any atom is -0.506 e. The van der Waals surface area contributed by atoms with Gasteiger partial charge in [0, 0.05) is 29.4 Å².